The van der Waals surface area contributed by atoms with E-state index in [-0.39, 0.29) is 18.0 Å². The fourth-order valence-corrected chi connectivity index (χ4v) is 2.63. The summed E-state index contributed by atoms with van der Waals surface area (Å²) in [6, 6.07) is 5.05. The van der Waals surface area contributed by atoms with Gasteiger partial charge in [0.2, 0.25) is 0 Å². The van der Waals surface area contributed by atoms with Crippen LogP contribution >= 0.6 is 0 Å². The molecule has 9 heteroatoms. The summed E-state index contributed by atoms with van der Waals surface area (Å²) in [5.41, 5.74) is 0.761. The van der Waals surface area contributed by atoms with E-state index in [1.54, 1.807) is 25.1 Å². The van der Waals surface area contributed by atoms with Crippen molar-refractivity contribution < 1.29 is 22.7 Å². The Morgan fingerprint density at radius 2 is 2.04 bits per heavy atom. The molecule has 1 heterocycles. The van der Waals surface area contributed by atoms with E-state index in [1.807, 2.05) is 0 Å². The van der Waals surface area contributed by atoms with Gasteiger partial charge in [0.1, 0.15) is 5.75 Å². The van der Waals surface area contributed by atoms with E-state index in [4.69, 9.17) is 9.47 Å². The smallest absolute Gasteiger partial charge is 0.356 e. The summed E-state index contributed by atoms with van der Waals surface area (Å²) < 4.78 is 37.9. The van der Waals surface area contributed by atoms with E-state index in [9.17, 15) is 13.2 Å². The van der Waals surface area contributed by atoms with Crippen LogP contribution < -0.4 is 9.46 Å². The van der Waals surface area contributed by atoms with Crippen LogP contribution in [0.4, 0.5) is 5.69 Å². The van der Waals surface area contributed by atoms with Gasteiger partial charge in [0.15, 0.2) is 5.69 Å². The molecule has 126 valence electrons. The average molecular weight is 341 g/mol. The van der Waals surface area contributed by atoms with Crippen molar-refractivity contribution in [3.8, 4) is 5.75 Å². The Labute approximate surface area is 134 Å². The summed E-state index contributed by atoms with van der Waals surface area (Å²) in [6.07, 6.45) is 0. The minimum Gasteiger partial charge on any atom is -0.497 e. The highest BCUT2D eigenvalue weighted by atomic mass is 32.2. The summed E-state index contributed by atoms with van der Waals surface area (Å²) in [5.74, 6) is -0.101. The van der Waals surface area contributed by atoms with Crippen molar-refractivity contribution in [1.82, 2.24) is 9.29 Å². The number of H-pyrrole nitrogens is 1. The van der Waals surface area contributed by atoms with E-state index in [0.717, 1.165) is 4.31 Å². The lowest BCUT2D eigenvalue weighted by Gasteiger charge is -2.14. The van der Waals surface area contributed by atoms with Crippen molar-refractivity contribution >= 4 is 32.8 Å². The highest BCUT2D eigenvalue weighted by molar-refractivity contribution is 7.90. The lowest BCUT2D eigenvalue weighted by Crippen LogP contribution is -2.29. The molecule has 0 saturated carbocycles. The van der Waals surface area contributed by atoms with Crippen LogP contribution in [-0.2, 0) is 14.9 Å². The van der Waals surface area contributed by atoms with Crippen LogP contribution in [0.25, 0.3) is 10.9 Å². The fourth-order valence-electron chi connectivity index (χ4n) is 1.98. The number of aromatic nitrogens is 1. The molecule has 0 radical (unpaired) electrons. The molecule has 1 aromatic carbocycles. The minimum atomic E-state index is -3.79. The molecule has 0 saturated heterocycles. The second-order valence-corrected chi connectivity index (χ2v) is 6.78. The number of ether oxygens (including phenoxy) is 2. The summed E-state index contributed by atoms with van der Waals surface area (Å²) in [5, 5.41) is 0.512. The summed E-state index contributed by atoms with van der Waals surface area (Å²) in [7, 11) is 0.497. The van der Waals surface area contributed by atoms with Crippen molar-refractivity contribution in [3.63, 3.8) is 0 Å². The Bertz CT molecular complexity index is 826. The third-order valence-electron chi connectivity index (χ3n) is 3.20. The molecule has 1 aromatic heterocycles. The standard InChI is InChI=1S/C14H19N3O5S/c1-5-22-14(18)13-12(16-23(19,20)17(2)3)10-8-9(21-4)6-7-11(10)15-13/h6-8,15-16H,5H2,1-4H3. The molecule has 0 amide bonds. The van der Waals surface area contributed by atoms with Crippen molar-refractivity contribution in [2.75, 3.05) is 32.5 Å². The number of nitrogens with one attached hydrogen (secondary N) is 2. The van der Waals surface area contributed by atoms with Crippen molar-refractivity contribution in [2.45, 2.75) is 6.92 Å². The van der Waals surface area contributed by atoms with Crippen LogP contribution in [-0.4, -0.2) is 51.5 Å². The molecule has 2 aromatic rings. The quantitative estimate of drug-likeness (QED) is 0.777. The maximum absolute atomic E-state index is 12.1. The van der Waals surface area contributed by atoms with Gasteiger partial charge in [-0.25, -0.2) is 4.79 Å². The number of esters is 1. The first-order valence-electron chi connectivity index (χ1n) is 6.87. The molecule has 0 spiro atoms. The van der Waals surface area contributed by atoms with Crippen molar-refractivity contribution in [1.29, 1.82) is 0 Å². The Hall–Kier alpha value is -2.26. The fraction of sp³-hybridized carbons (Fsp3) is 0.357. The van der Waals surface area contributed by atoms with E-state index in [2.05, 4.69) is 9.71 Å². The molecule has 0 atom stereocenters. The maximum Gasteiger partial charge on any atom is 0.356 e. The van der Waals surface area contributed by atoms with Gasteiger partial charge in [-0.05, 0) is 25.1 Å². The van der Waals surface area contributed by atoms with E-state index in [1.165, 1.54) is 21.2 Å². The third kappa shape index (κ3) is 3.40. The van der Waals surface area contributed by atoms with Gasteiger partial charge in [0.25, 0.3) is 0 Å². The van der Waals surface area contributed by atoms with E-state index in [0.29, 0.717) is 16.7 Å². The SMILES string of the molecule is CCOC(=O)c1[nH]c2ccc(OC)cc2c1NS(=O)(=O)N(C)C. The Kier molecular flexibility index (Phi) is 4.81. The van der Waals surface area contributed by atoms with E-state index >= 15 is 0 Å². The number of carbonyl (C=O) groups is 1. The van der Waals surface area contributed by atoms with Crippen LogP contribution in [0, 0.1) is 0 Å². The molecule has 0 bridgehead atoms. The zero-order valence-electron chi connectivity index (χ0n) is 13.3. The Morgan fingerprint density at radius 3 is 2.61 bits per heavy atom. The predicted octanol–water partition coefficient (Wildman–Crippen LogP) is 1.57. The van der Waals surface area contributed by atoms with Gasteiger partial charge in [-0.2, -0.15) is 12.7 Å². The summed E-state index contributed by atoms with van der Waals surface area (Å²) >= 11 is 0. The molecule has 0 aliphatic rings. The lowest BCUT2D eigenvalue weighted by atomic mass is 10.2. The Morgan fingerprint density at radius 1 is 1.35 bits per heavy atom. The van der Waals surface area contributed by atoms with Gasteiger partial charge in [0.05, 0.1) is 19.4 Å². The van der Waals surface area contributed by atoms with E-state index < -0.39 is 16.2 Å². The zero-order chi connectivity index (χ0) is 17.2. The van der Waals surface area contributed by atoms with Gasteiger partial charge < -0.3 is 14.5 Å². The van der Waals surface area contributed by atoms with Crippen LogP contribution in [0.15, 0.2) is 18.2 Å². The van der Waals surface area contributed by atoms with Gasteiger partial charge in [0, 0.05) is 25.0 Å². The third-order valence-corrected chi connectivity index (χ3v) is 4.62. The predicted molar refractivity (Wildman–Crippen MR) is 87.0 cm³/mol. The monoisotopic (exact) mass is 341 g/mol. The number of anilines is 1. The topological polar surface area (TPSA) is 101 Å². The second kappa shape index (κ2) is 6.47. The number of methoxy groups -OCH3 is 1. The first-order valence-corrected chi connectivity index (χ1v) is 8.31. The molecule has 0 aliphatic heterocycles. The number of rotatable bonds is 6. The Balaban J connectivity index is 2.65. The lowest BCUT2D eigenvalue weighted by molar-refractivity contribution is 0.0522. The normalized spacial score (nSPS) is 11.7. The maximum atomic E-state index is 12.1. The molecule has 2 rings (SSSR count). The largest absolute Gasteiger partial charge is 0.497 e. The first kappa shape index (κ1) is 17.1. The molecular weight excluding hydrogens is 322 g/mol. The molecule has 8 nitrogen and oxygen atoms in total. The molecule has 2 N–H and O–H groups in total. The molecule has 0 aliphatic carbocycles. The highest BCUT2D eigenvalue weighted by Gasteiger charge is 2.24. The average Bonchev–Trinajstić information content (AvgIpc) is 2.84. The summed E-state index contributed by atoms with van der Waals surface area (Å²) in [6.45, 7) is 1.85. The first-order chi connectivity index (χ1) is 10.8. The molecule has 23 heavy (non-hydrogen) atoms. The van der Waals surface area contributed by atoms with Crippen LogP contribution in [0.5, 0.6) is 5.75 Å². The summed E-state index contributed by atoms with van der Waals surface area (Å²) in [4.78, 5) is 15.0. The molecule has 0 unspecified atom stereocenters. The van der Waals surface area contributed by atoms with Gasteiger partial charge >= 0.3 is 16.2 Å². The number of hydrogen-bond acceptors (Lipinski definition) is 5. The number of aromatic amines is 1. The highest BCUT2D eigenvalue weighted by Crippen LogP contribution is 2.32. The minimum absolute atomic E-state index is 0.0422. The number of hydrogen-bond donors (Lipinski definition) is 2. The van der Waals surface area contributed by atoms with Crippen LogP contribution in [0.2, 0.25) is 0 Å². The molecular formula is C14H19N3O5S. The van der Waals surface area contributed by atoms with Gasteiger partial charge in [-0.3, -0.25) is 4.72 Å². The van der Waals surface area contributed by atoms with Crippen molar-refractivity contribution in [2.24, 2.45) is 0 Å². The number of carbonyl (C=O) groups excluding carboxylic acids is 1. The van der Waals surface area contributed by atoms with Crippen LogP contribution in [0.3, 0.4) is 0 Å². The van der Waals surface area contributed by atoms with Crippen molar-refractivity contribution in [3.05, 3.63) is 23.9 Å². The van der Waals surface area contributed by atoms with Gasteiger partial charge in [-0.15, -0.1) is 0 Å². The molecule has 0 fully saturated rings. The number of nitrogens with zero attached hydrogens (tertiary/aromatic N) is 1. The number of benzene rings is 1. The number of fused-ring (bicyclic) bond motifs is 1. The van der Waals surface area contributed by atoms with Gasteiger partial charge in [-0.1, -0.05) is 0 Å². The van der Waals surface area contributed by atoms with Crippen LogP contribution in [0.1, 0.15) is 17.4 Å². The zero-order valence-corrected chi connectivity index (χ0v) is 14.2. The second-order valence-electron chi connectivity index (χ2n) is 4.90.